The fourth-order valence-electron chi connectivity index (χ4n) is 1.17. The van der Waals surface area contributed by atoms with Gasteiger partial charge in [-0.25, -0.2) is 14.3 Å². The van der Waals surface area contributed by atoms with E-state index in [1.165, 1.54) is 10.6 Å². The highest BCUT2D eigenvalue weighted by Crippen LogP contribution is 2.16. The van der Waals surface area contributed by atoms with Crippen LogP contribution in [0.3, 0.4) is 0 Å². The van der Waals surface area contributed by atoms with Gasteiger partial charge in [-0.3, -0.25) is 4.79 Å². The van der Waals surface area contributed by atoms with Crippen molar-refractivity contribution >= 4 is 29.1 Å². The number of carboxylic acids is 2. The molecule has 0 saturated carbocycles. The van der Waals surface area contributed by atoms with E-state index in [0.717, 1.165) is 6.92 Å². The molecule has 0 radical (unpaired) electrons. The first kappa shape index (κ1) is 13.9. The predicted octanol–water partition coefficient (Wildman–Crippen LogP) is 1.48. The molecule has 0 aliphatic heterocycles. The second-order valence-corrected chi connectivity index (χ2v) is 3.71. The molecule has 0 amide bonds. The molecule has 0 aliphatic rings. The van der Waals surface area contributed by atoms with Gasteiger partial charge >= 0.3 is 5.97 Å². The van der Waals surface area contributed by atoms with Crippen LogP contribution in [0, 0.1) is 6.92 Å². The summed E-state index contributed by atoms with van der Waals surface area (Å²) >= 11 is 5.82. The minimum atomic E-state index is -1.08. The maximum Gasteiger partial charge on any atom is 0.356 e. The van der Waals surface area contributed by atoms with Crippen LogP contribution >= 0.6 is 11.6 Å². The number of aromatic nitrogens is 3. The third kappa shape index (κ3) is 3.42. The van der Waals surface area contributed by atoms with Crippen molar-refractivity contribution in [2.45, 2.75) is 13.8 Å². The zero-order chi connectivity index (χ0) is 13.9. The molecule has 0 spiro atoms. The van der Waals surface area contributed by atoms with Crippen LogP contribution in [-0.2, 0) is 4.79 Å². The van der Waals surface area contributed by atoms with Gasteiger partial charge in [-0.05, 0) is 6.92 Å². The second kappa shape index (κ2) is 5.46. The summed E-state index contributed by atoms with van der Waals surface area (Å²) in [6.07, 6.45) is 1.62. The quantitative estimate of drug-likeness (QED) is 0.814. The van der Waals surface area contributed by atoms with Crippen molar-refractivity contribution in [1.82, 2.24) is 14.6 Å². The van der Waals surface area contributed by atoms with Crippen LogP contribution in [-0.4, -0.2) is 36.7 Å². The highest BCUT2D eigenvalue weighted by molar-refractivity contribution is 6.32. The molecule has 0 unspecified atom stereocenters. The zero-order valence-electron chi connectivity index (χ0n) is 9.59. The Morgan fingerprint density at radius 1 is 1.39 bits per heavy atom. The van der Waals surface area contributed by atoms with Crippen molar-refractivity contribution in [2.75, 3.05) is 0 Å². The van der Waals surface area contributed by atoms with Gasteiger partial charge in [-0.1, -0.05) is 11.6 Å². The van der Waals surface area contributed by atoms with Crippen molar-refractivity contribution in [2.24, 2.45) is 0 Å². The number of carbonyl (C=O) groups is 2. The Kier molecular flexibility index (Phi) is 4.22. The number of carboxylic acid groups (broad SMARTS) is 2. The average Bonchev–Trinajstić information content (AvgIpc) is 2.60. The average molecular weight is 272 g/mol. The van der Waals surface area contributed by atoms with E-state index in [2.05, 4.69) is 10.1 Å². The molecule has 2 aromatic rings. The molecule has 0 atom stereocenters. The second-order valence-electron chi connectivity index (χ2n) is 3.36. The molecule has 0 aromatic carbocycles. The lowest BCUT2D eigenvalue weighted by molar-refractivity contribution is -0.134. The lowest BCUT2D eigenvalue weighted by Crippen LogP contribution is -1.98. The topological polar surface area (TPSA) is 105 Å². The van der Waals surface area contributed by atoms with Gasteiger partial charge in [0, 0.05) is 13.0 Å². The first-order chi connectivity index (χ1) is 8.31. The summed E-state index contributed by atoms with van der Waals surface area (Å²) in [6, 6.07) is 1.39. The summed E-state index contributed by atoms with van der Waals surface area (Å²) in [4.78, 5) is 23.6. The normalized spacial score (nSPS) is 9.72. The highest BCUT2D eigenvalue weighted by atomic mass is 35.5. The van der Waals surface area contributed by atoms with Gasteiger partial charge in [-0.2, -0.15) is 5.10 Å². The van der Waals surface area contributed by atoms with Crippen molar-refractivity contribution in [1.29, 1.82) is 0 Å². The van der Waals surface area contributed by atoms with Crippen LogP contribution < -0.4 is 0 Å². The summed E-state index contributed by atoms with van der Waals surface area (Å²) in [5.41, 5.74) is 1.14. The van der Waals surface area contributed by atoms with Crippen LogP contribution in [0.5, 0.6) is 0 Å². The molecule has 0 bridgehead atoms. The third-order valence-electron chi connectivity index (χ3n) is 1.75. The summed E-state index contributed by atoms with van der Waals surface area (Å²) in [5, 5.41) is 20.2. The molecule has 18 heavy (non-hydrogen) atoms. The van der Waals surface area contributed by atoms with E-state index in [1.807, 2.05) is 0 Å². The molecule has 2 N–H and O–H groups in total. The van der Waals surface area contributed by atoms with E-state index in [0.29, 0.717) is 11.2 Å². The largest absolute Gasteiger partial charge is 0.481 e. The molecule has 2 aromatic heterocycles. The first-order valence-corrected chi connectivity index (χ1v) is 5.14. The molecule has 0 saturated heterocycles. The van der Waals surface area contributed by atoms with E-state index >= 15 is 0 Å². The standard InChI is InChI=1S/C8H6ClN3O2.C2H4O2/c1-4-3-12-6(7(9)10-4)2-5(11-12)8(13)14;1-2(3)4/h2-3H,1H3,(H,13,14);1H3,(H,3,4). The van der Waals surface area contributed by atoms with E-state index < -0.39 is 11.9 Å². The number of fused-ring (bicyclic) bond motifs is 1. The minimum absolute atomic E-state index is 0.0423. The van der Waals surface area contributed by atoms with Gasteiger partial charge < -0.3 is 10.2 Å². The Hall–Kier alpha value is -2.15. The predicted molar refractivity (Wildman–Crippen MR) is 63.0 cm³/mol. The fourth-order valence-corrected chi connectivity index (χ4v) is 1.44. The van der Waals surface area contributed by atoms with Crippen molar-refractivity contribution < 1.29 is 19.8 Å². The number of hydrogen-bond acceptors (Lipinski definition) is 4. The molecule has 0 fully saturated rings. The van der Waals surface area contributed by atoms with Crippen molar-refractivity contribution in [3.05, 3.63) is 28.8 Å². The van der Waals surface area contributed by atoms with Crippen LogP contribution in [0.1, 0.15) is 23.1 Å². The number of aliphatic carboxylic acids is 1. The van der Waals surface area contributed by atoms with Crippen molar-refractivity contribution in [3.8, 4) is 0 Å². The first-order valence-electron chi connectivity index (χ1n) is 4.76. The lowest BCUT2D eigenvalue weighted by Gasteiger charge is -1.96. The maximum atomic E-state index is 10.6. The third-order valence-corrected chi connectivity index (χ3v) is 2.03. The number of nitrogens with zero attached hydrogens (tertiary/aromatic N) is 3. The lowest BCUT2D eigenvalue weighted by atomic mass is 10.4. The van der Waals surface area contributed by atoms with E-state index in [9.17, 15) is 4.79 Å². The number of rotatable bonds is 1. The van der Waals surface area contributed by atoms with Crippen LogP contribution in [0.25, 0.3) is 5.52 Å². The van der Waals surface area contributed by atoms with Crippen LogP contribution in [0.2, 0.25) is 5.15 Å². The Morgan fingerprint density at radius 2 is 1.94 bits per heavy atom. The summed E-state index contributed by atoms with van der Waals surface area (Å²) in [7, 11) is 0. The fraction of sp³-hybridized carbons (Fsp3) is 0.200. The maximum absolute atomic E-state index is 10.6. The SMILES string of the molecule is CC(=O)O.Cc1cn2nc(C(=O)O)cc2c(Cl)n1. The zero-order valence-corrected chi connectivity index (χ0v) is 10.3. The molecule has 96 valence electrons. The Labute approximate surface area is 107 Å². The summed E-state index contributed by atoms with van der Waals surface area (Å²) in [6.45, 7) is 2.84. The van der Waals surface area contributed by atoms with Gasteiger partial charge in [0.1, 0.15) is 5.52 Å². The number of halogens is 1. The molecule has 2 heterocycles. The van der Waals surface area contributed by atoms with Gasteiger partial charge in [0.05, 0.1) is 11.9 Å². The Balaban J connectivity index is 0.000000357. The summed E-state index contributed by atoms with van der Waals surface area (Å²) < 4.78 is 1.41. The monoisotopic (exact) mass is 271 g/mol. The molecule has 8 heteroatoms. The van der Waals surface area contributed by atoms with Gasteiger partial charge in [0.2, 0.25) is 0 Å². The van der Waals surface area contributed by atoms with Crippen molar-refractivity contribution in [3.63, 3.8) is 0 Å². The van der Waals surface area contributed by atoms with Gasteiger partial charge in [0.25, 0.3) is 5.97 Å². The molecule has 7 nitrogen and oxygen atoms in total. The molecular weight excluding hydrogens is 262 g/mol. The van der Waals surface area contributed by atoms with Crippen LogP contribution in [0.15, 0.2) is 12.3 Å². The number of aryl methyl sites for hydroxylation is 1. The van der Waals surface area contributed by atoms with Gasteiger partial charge in [0.15, 0.2) is 10.8 Å². The summed E-state index contributed by atoms with van der Waals surface area (Å²) in [5.74, 6) is -1.91. The Bertz CT molecular complexity index is 604. The van der Waals surface area contributed by atoms with E-state index in [-0.39, 0.29) is 10.8 Å². The van der Waals surface area contributed by atoms with E-state index in [4.69, 9.17) is 26.6 Å². The highest BCUT2D eigenvalue weighted by Gasteiger charge is 2.11. The number of hydrogen-bond donors (Lipinski definition) is 2. The molecule has 2 rings (SSSR count). The van der Waals surface area contributed by atoms with Crippen LogP contribution in [0.4, 0.5) is 0 Å². The smallest absolute Gasteiger partial charge is 0.356 e. The number of aromatic carboxylic acids is 1. The van der Waals surface area contributed by atoms with E-state index in [1.54, 1.807) is 13.1 Å². The Morgan fingerprint density at radius 3 is 2.44 bits per heavy atom. The molecule has 0 aliphatic carbocycles. The minimum Gasteiger partial charge on any atom is -0.481 e. The molecular formula is C10H10ClN3O4. The van der Waals surface area contributed by atoms with Gasteiger partial charge in [-0.15, -0.1) is 0 Å².